The molecule has 0 atom stereocenters. The Balaban J connectivity index is 2.59. The van der Waals surface area contributed by atoms with Gasteiger partial charge in [-0.2, -0.15) is 5.10 Å². The maximum absolute atomic E-state index is 11.0. The van der Waals surface area contributed by atoms with Gasteiger partial charge in [0.15, 0.2) is 0 Å². The quantitative estimate of drug-likeness (QED) is 0.664. The molecule has 1 heterocycles. The van der Waals surface area contributed by atoms with Crippen LogP contribution in [0.25, 0.3) is 0 Å². The largest absolute Gasteiger partial charge is 0.478 e. The summed E-state index contributed by atoms with van der Waals surface area (Å²) >= 11 is 0. The molecule has 0 bridgehead atoms. The van der Waals surface area contributed by atoms with Crippen LogP contribution in [0.15, 0.2) is 6.20 Å². The van der Waals surface area contributed by atoms with Crippen LogP contribution in [0.5, 0.6) is 0 Å². The molecule has 0 aliphatic rings. The van der Waals surface area contributed by atoms with Crippen LogP contribution in [0.3, 0.4) is 0 Å². The Kier molecular flexibility index (Phi) is 4.86. The van der Waals surface area contributed by atoms with Crippen LogP contribution in [0.4, 0.5) is 0 Å². The second kappa shape index (κ2) is 5.97. The molecular formula is C12H21N3O3. The van der Waals surface area contributed by atoms with Crippen LogP contribution >= 0.6 is 0 Å². The van der Waals surface area contributed by atoms with Gasteiger partial charge in [-0.15, -0.1) is 0 Å². The van der Waals surface area contributed by atoms with E-state index in [1.807, 2.05) is 0 Å². The number of aliphatic hydroxyl groups excluding tert-OH is 1. The summed E-state index contributed by atoms with van der Waals surface area (Å²) in [6.45, 7) is 5.42. The lowest BCUT2D eigenvalue weighted by molar-refractivity contribution is 0.0695. The van der Waals surface area contributed by atoms with Crippen molar-refractivity contribution in [2.24, 2.45) is 12.5 Å². The number of aryl methyl sites for hydroxylation is 1. The number of aromatic nitrogens is 2. The minimum absolute atomic E-state index is 0.0171. The predicted octanol–water partition coefficient (Wildman–Crippen LogP) is 0.616. The maximum atomic E-state index is 11.0. The summed E-state index contributed by atoms with van der Waals surface area (Å²) in [5, 5.41) is 25.1. The van der Waals surface area contributed by atoms with E-state index in [0.717, 1.165) is 0 Å². The van der Waals surface area contributed by atoms with Crippen LogP contribution in [0.2, 0.25) is 0 Å². The van der Waals surface area contributed by atoms with Crippen LogP contribution in [-0.2, 0) is 13.6 Å². The highest BCUT2D eigenvalue weighted by molar-refractivity contribution is 5.88. The lowest BCUT2D eigenvalue weighted by atomic mass is 9.90. The second-order valence-corrected chi connectivity index (χ2v) is 5.18. The molecule has 0 aliphatic carbocycles. The van der Waals surface area contributed by atoms with Crippen molar-refractivity contribution in [3.63, 3.8) is 0 Å². The van der Waals surface area contributed by atoms with Gasteiger partial charge in [0, 0.05) is 26.7 Å². The van der Waals surface area contributed by atoms with Crippen molar-refractivity contribution in [3.8, 4) is 0 Å². The first-order chi connectivity index (χ1) is 8.37. The molecule has 0 spiro atoms. The fourth-order valence-electron chi connectivity index (χ4n) is 1.76. The summed E-state index contributed by atoms with van der Waals surface area (Å²) in [5.74, 6) is -0.963. The SMILES string of the molecule is Cn1ncc(C(=O)O)c1CNCC(C)(C)CCO. The molecule has 0 aromatic carbocycles. The van der Waals surface area contributed by atoms with Crippen LogP contribution in [0.1, 0.15) is 36.3 Å². The van der Waals surface area contributed by atoms with E-state index in [4.69, 9.17) is 10.2 Å². The van der Waals surface area contributed by atoms with Gasteiger partial charge < -0.3 is 15.5 Å². The molecule has 0 saturated carbocycles. The third kappa shape index (κ3) is 3.82. The molecule has 0 saturated heterocycles. The Bertz CT molecular complexity index is 413. The molecule has 0 unspecified atom stereocenters. The van der Waals surface area contributed by atoms with Crippen molar-refractivity contribution in [3.05, 3.63) is 17.5 Å². The average molecular weight is 255 g/mol. The minimum Gasteiger partial charge on any atom is -0.478 e. The molecule has 1 aromatic rings. The van der Waals surface area contributed by atoms with E-state index in [1.165, 1.54) is 6.20 Å². The fourth-order valence-corrected chi connectivity index (χ4v) is 1.76. The first kappa shape index (κ1) is 14.7. The number of carbonyl (C=O) groups is 1. The number of aromatic carboxylic acids is 1. The Hall–Kier alpha value is -1.40. The van der Waals surface area contributed by atoms with Gasteiger partial charge in [0.05, 0.1) is 11.9 Å². The standard InChI is InChI=1S/C12H21N3O3/c1-12(2,4-5-16)8-13-7-10-9(11(17)18)6-14-15(10)3/h6,13,16H,4-5,7-8H2,1-3H3,(H,17,18). The van der Waals surface area contributed by atoms with Gasteiger partial charge in [-0.3, -0.25) is 4.68 Å². The first-order valence-electron chi connectivity index (χ1n) is 5.93. The number of aliphatic hydroxyl groups is 1. The third-order valence-corrected chi connectivity index (χ3v) is 2.98. The van der Waals surface area contributed by atoms with Gasteiger partial charge in [-0.1, -0.05) is 13.8 Å². The predicted molar refractivity (Wildman–Crippen MR) is 67.4 cm³/mol. The van der Waals surface area contributed by atoms with E-state index in [0.29, 0.717) is 25.2 Å². The molecule has 1 aromatic heterocycles. The van der Waals surface area contributed by atoms with Crippen LogP contribution in [-0.4, -0.2) is 39.1 Å². The van der Waals surface area contributed by atoms with Gasteiger partial charge in [0.25, 0.3) is 0 Å². The van der Waals surface area contributed by atoms with E-state index in [1.54, 1.807) is 11.7 Å². The van der Waals surface area contributed by atoms with Crippen molar-refractivity contribution in [2.45, 2.75) is 26.8 Å². The Morgan fingerprint density at radius 2 is 2.22 bits per heavy atom. The van der Waals surface area contributed by atoms with Gasteiger partial charge in [-0.05, 0) is 11.8 Å². The zero-order chi connectivity index (χ0) is 13.8. The average Bonchev–Trinajstić information content (AvgIpc) is 2.60. The van der Waals surface area contributed by atoms with Gasteiger partial charge >= 0.3 is 5.97 Å². The molecule has 0 amide bonds. The lowest BCUT2D eigenvalue weighted by Gasteiger charge is -2.24. The van der Waals surface area contributed by atoms with E-state index < -0.39 is 5.97 Å². The summed E-state index contributed by atoms with van der Waals surface area (Å²) in [7, 11) is 1.72. The third-order valence-electron chi connectivity index (χ3n) is 2.98. The van der Waals surface area contributed by atoms with Crippen LogP contribution < -0.4 is 5.32 Å². The molecule has 6 heteroatoms. The highest BCUT2D eigenvalue weighted by Gasteiger charge is 2.18. The zero-order valence-corrected chi connectivity index (χ0v) is 11.1. The number of nitrogens with one attached hydrogen (secondary N) is 1. The van der Waals surface area contributed by atoms with Crippen molar-refractivity contribution < 1.29 is 15.0 Å². The molecular weight excluding hydrogens is 234 g/mol. The minimum atomic E-state index is -0.963. The number of carboxylic acids is 1. The number of carboxylic acid groups (broad SMARTS) is 1. The van der Waals surface area contributed by atoms with E-state index in [2.05, 4.69) is 24.3 Å². The number of hydrogen-bond acceptors (Lipinski definition) is 4. The van der Waals surface area contributed by atoms with Gasteiger partial charge in [0.2, 0.25) is 0 Å². The van der Waals surface area contributed by atoms with Gasteiger partial charge in [0.1, 0.15) is 5.56 Å². The Morgan fingerprint density at radius 3 is 2.78 bits per heavy atom. The smallest absolute Gasteiger partial charge is 0.339 e. The number of rotatable bonds is 7. The summed E-state index contributed by atoms with van der Waals surface area (Å²) in [6.07, 6.45) is 2.06. The lowest BCUT2D eigenvalue weighted by Crippen LogP contribution is -2.30. The molecule has 1 rings (SSSR count). The van der Waals surface area contributed by atoms with E-state index in [9.17, 15) is 4.79 Å². The summed E-state index contributed by atoms with van der Waals surface area (Å²) in [5.41, 5.74) is 0.865. The first-order valence-corrected chi connectivity index (χ1v) is 5.93. The zero-order valence-electron chi connectivity index (χ0n) is 11.1. The normalized spacial score (nSPS) is 11.8. The Morgan fingerprint density at radius 1 is 1.56 bits per heavy atom. The van der Waals surface area contributed by atoms with Crippen LogP contribution in [0, 0.1) is 5.41 Å². The van der Waals surface area contributed by atoms with Gasteiger partial charge in [-0.25, -0.2) is 4.79 Å². The topological polar surface area (TPSA) is 87.4 Å². The van der Waals surface area contributed by atoms with E-state index >= 15 is 0 Å². The van der Waals surface area contributed by atoms with Crippen molar-refractivity contribution in [2.75, 3.05) is 13.2 Å². The van der Waals surface area contributed by atoms with Crippen molar-refractivity contribution >= 4 is 5.97 Å². The van der Waals surface area contributed by atoms with Crippen molar-refractivity contribution in [1.29, 1.82) is 0 Å². The summed E-state index contributed by atoms with van der Waals surface area (Å²) in [4.78, 5) is 11.0. The fraction of sp³-hybridized carbons (Fsp3) is 0.667. The maximum Gasteiger partial charge on any atom is 0.339 e. The summed E-state index contributed by atoms with van der Waals surface area (Å²) < 4.78 is 1.56. The van der Waals surface area contributed by atoms with Crippen molar-refractivity contribution in [1.82, 2.24) is 15.1 Å². The molecule has 102 valence electrons. The molecule has 0 aliphatic heterocycles. The summed E-state index contributed by atoms with van der Waals surface area (Å²) in [6, 6.07) is 0. The molecule has 3 N–H and O–H groups in total. The second-order valence-electron chi connectivity index (χ2n) is 5.18. The molecule has 0 fully saturated rings. The highest BCUT2D eigenvalue weighted by Crippen LogP contribution is 2.18. The number of hydrogen-bond donors (Lipinski definition) is 3. The monoisotopic (exact) mass is 255 g/mol. The molecule has 18 heavy (non-hydrogen) atoms. The Labute approximate surface area is 107 Å². The van der Waals surface area contributed by atoms with E-state index in [-0.39, 0.29) is 17.6 Å². The highest BCUT2D eigenvalue weighted by atomic mass is 16.4. The number of nitrogens with zero attached hydrogens (tertiary/aromatic N) is 2. The molecule has 0 radical (unpaired) electrons. The molecule has 6 nitrogen and oxygen atoms in total.